The molecule has 0 heterocycles. The Bertz CT molecular complexity index is 706. The van der Waals surface area contributed by atoms with E-state index >= 15 is 0 Å². The van der Waals surface area contributed by atoms with Crippen LogP contribution in [0.5, 0.6) is 0 Å². The maximum Gasteiger partial charge on any atom is 0.333 e. The molecule has 0 atom stereocenters. The maximum atomic E-state index is 11.1. The molecular weight excluding hydrogens is 448 g/mol. The molecule has 0 aliphatic heterocycles. The number of rotatable bonds is 17. The quantitative estimate of drug-likeness (QED) is 0.121. The van der Waals surface area contributed by atoms with Gasteiger partial charge in [0.05, 0.1) is 13.2 Å². The summed E-state index contributed by atoms with van der Waals surface area (Å²) < 4.78 is 9.84. The van der Waals surface area contributed by atoms with Crippen LogP contribution in [-0.2, 0) is 19.1 Å². The number of unbranched alkanes of at least 4 members (excludes halogenated alkanes) is 10. The third kappa shape index (κ3) is 26.0. The second-order valence-corrected chi connectivity index (χ2v) is 8.98. The van der Waals surface area contributed by atoms with Gasteiger partial charge in [-0.3, -0.25) is 0 Å². The van der Waals surface area contributed by atoms with Gasteiger partial charge in [-0.25, -0.2) is 9.59 Å². The van der Waals surface area contributed by atoms with Crippen LogP contribution in [0.15, 0.2) is 61.2 Å². The number of ether oxygens (including phenoxy) is 2. The van der Waals surface area contributed by atoms with E-state index in [0.29, 0.717) is 24.4 Å². The number of hydrogen-bond acceptors (Lipinski definition) is 4. The molecule has 0 bridgehead atoms. The molecule has 0 radical (unpaired) electrons. The first-order valence-electron chi connectivity index (χ1n) is 13.6. The summed E-state index contributed by atoms with van der Waals surface area (Å²) in [5.74, 6) is -0.542. The van der Waals surface area contributed by atoms with Gasteiger partial charge in [-0.05, 0) is 32.3 Å². The van der Waals surface area contributed by atoms with Gasteiger partial charge in [0.2, 0.25) is 0 Å². The highest BCUT2D eigenvalue weighted by molar-refractivity contribution is 5.87. The van der Waals surface area contributed by atoms with Crippen LogP contribution in [0.2, 0.25) is 0 Å². The molecule has 0 spiro atoms. The second kappa shape index (κ2) is 27.0. The molecule has 1 aromatic rings. The predicted molar refractivity (Wildman–Crippen MR) is 155 cm³/mol. The third-order valence-electron chi connectivity index (χ3n) is 5.19. The van der Waals surface area contributed by atoms with Crippen LogP contribution in [-0.4, -0.2) is 25.2 Å². The molecular formula is C32H52O4. The van der Waals surface area contributed by atoms with Gasteiger partial charge in [0, 0.05) is 11.1 Å². The van der Waals surface area contributed by atoms with E-state index in [0.717, 1.165) is 19.3 Å². The van der Waals surface area contributed by atoms with Crippen molar-refractivity contribution >= 4 is 18.0 Å². The van der Waals surface area contributed by atoms with Gasteiger partial charge < -0.3 is 9.47 Å². The van der Waals surface area contributed by atoms with E-state index in [-0.39, 0.29) is 11.9 Å². The Morgan fingerprint density at radius 3 is 1.42 bits per heavy atom. The zero-order valence-corrected chi connectivity index (χ0v) is 23.6. The minimum absolute atomic E-state index is 0.258. The van der Waals surface area contributed by atoms with Crippen LogP contribution in [0.25, 0.3) is 6.08 Å². The first-order chi connectivity index (χ1) is 17.3. The van der Waals surface area contributed by atoms with Crippen molar-refractivity contribution in [3.8, 4) is 0 Å². The highest BCUT2D eigenvalue weighted by Crippen LogP contribution is 2.10. The lowest BCUT2D eigenvalue weighted by Gasteiger charge is -2.04. The first-order valence-corrected chi connectivity index (χ1v) is 13.6. The largest absolute Gasteiger partial charge is 0.462 e. The van der Waals surface area contributed by atoms with Gasteiger partial charge in [-0.15, -0.1) is 0 Å². The lowest BCUT2D eigenvalue weighted by atomic mass is 10.1. The van der Waals surface area contributed by atoms with Gasteiger partial charge in [0.15, 0.2) is 0 Å². The van der Waals surface area contributed by atoms with E-state index < -0.39 is 0 Å². The van der Waals surface area contributed by atoms with E-state index in [1.807, 2.05) is 36.4 Å². The molecule has 36 heavy (non-hydrogen) atoms. The predicted octanol–water partition coefficient (Wildman–Crippen LogP) is 9.26. The minimum atomic E-state index is -0.284. The minimum Gasteiger partial charge on any atom is -0.462 e. The molecule has 4 nitrogen and oxygen atoms in total. The Labute approximate surface area is 221 Å². The van der Waals surface area contributed by atoms with Crippen molar-refractivity contribution in [3.63, 3.8) is 0 Å². The number of esters is 2. The first kappa shape index (κ1) is 35.5. The van der Waals surface area contributed by atoms with Crippen molar-refractivity contribution in [2.24, 2.45) is 0 Å². The molecule has 0 N–H and O–H groups in total. The van der Waals surface area contributed by atoms with E-state index in [4.69, 9.17) is 9.47 Å². The third-order valence-corrected chi connectivity index (χ3v) is 5.19. The topological polar surface area (TPSA) is 52.6 Å². The van der Waals surface area contributed by atoms with Gasteiger partial charge in [0.1, 0.15) is 0 Å². The van der Waals surface area contributed by atoms with Crippen molar-refractivity contribution in [3.05, 3.63) is 66.8 Å². The van der Waals surface area contributed by atoms with Crippen LogP contribution in [0.3, 0.4) is 0 Å². The summed E-state index contributed by atoms with van der Waals surface area (Å²) in [5, 5.41) is 0. The summed E-state index contributed by atoms with van der Waals surface area (Å²) in [6.45, 7) is 19.3. The molecule has 0 aromatic heterocycles. The zero-order valence-electron chi connectivity index (χ0n) is 23.6. The lowest BCUT2D eigenvalue weighted by molar-refractivity contribution is -0.139. The molecule has 0 fully saturated rings. The maximum absolute atomic E-state index is 11.1. The summed E-state index contributed by atoms with van der Waals surface area (Å²) in [6, 6.07) is 10.0. The highest BCUT2D eigenvalue weighted by atomic mass is 16.5. The Kier molecular flexibility index (Phi) is 26.6. The van der Waals surface area contributed by atoms with Crippen LogP contribution in [0.1, 0.15) is 110 Å². The van der Waals surface area contributed by atoms with Crippen molar-refractivity contribution in [1.82, 2.24) is 0 Å². The Morgan fingerprint density at radius 2 is 1.06 bits per heavy atom. The van der Waals surface area contributed by atoms with Gasteiger partial charge in [0.25, 0.3) is 0 Å². The molecule has 0 unspecified atom stereocenters. The second-order valence-electron chi connectivity index (χ2n) is 8.98. The molecule has 0 aliphatic rings. The Hall–Kier alpha value is -2.62. The SMILES string of the molecule is C=C(C)C(=O)OCCCC.C=C(C)C(=O)OCCCCCCCCCCCC.C=Cc1ccccc1. The zero-order chi connectivity index (χ0) is 27.4. The fraction of sp³-hybridized carbons (Fsp3) is 0.562. The molecule has 0 aliphatic carbocycles. The summed E-state index contributed by atoms with van der Waals surface area (Å²) >= 11 is 0. The normalized spacial score (nSPS) is 9.56. The highest BCUT2D eigenvalue weighted by Gasteiger charge is 2.02. The van der Waals surface area contributed by atoms with Crippen LogP contribution in [0, 0.1) is 0 Å². The number of hydrogen-bond donors (Lipinski definition) is 0. The number of benzene rings is 1. The molecule has 1 rings (SSSR count). The molecule has 0 saturated carbocycles. The van der Waals surface area contributed by atoms with Crippen molar-refractivity contribution in [2.45, 2.75) is 105 Å². The summed E-state index contributed by atoms with van der Waals surface area (Å²) in [5.41, 5.74) is 2.13. The molecule has 0 saturated heterocycles. The standard InChI is InChI=1S/C16H30O2.C8H14O2.C8H8/c1-4-5-6-7-8-9-10-11-12-13-14-18-16(17)15(2)3;1-4-5-6-10-8(9)7(2)3;1-2-8-6-4-3-5-7-8/h2,4-14H2,1,3H3;2,4-6H2,1,3H3;2-7H,1H2. The number of carbonyl (C=O) groups excluding carboxylic acids is 2. The average molecular weight is 501 g/mol. The van der Waals surface area contributed by atoms with Crippen LogP contribution >= 0.6 is 0 Å². The Morgan fingerprint density at radius 1 is 0.667 bits per heavy atom. The molecule has 204 valence electrons. The lowest BCUT2D eigenvalue weighted by Crippen LogP contribution is -2.05. The summed E-state index contributed by atoms with van der Waals surface area (Å²) in [4.78, 5) is 21.8. The van der Waals surface area contributed by atoms with E-state index in [1.165, 1.54) is 63.4 Å². The fourth-order valence-electron chi connectivity index (χ4n) is 2.90. The molecule has 4 heteroatoms. The van der Waals surface area contributed by atoms with Gasteiger partial charge in [-0.1, -0.05) is 134 Å². The van der Waals surface area contributed by atoms with Crippen molar-refractivity contribution < 1.29 is 19.1 Å². The van der Waals surface area contributed by atoms with E-state index in [2.05, 4.69) is 33.6 Å². The monoisotopic (exact) mass is 500 g/mol. The molecule has 0 amide bonds. The summed E-state index contributed by atoms with van der Waals surface area (Å²) in [6.07, 6.45) is 16.8. The summed E-state index contributed by atoms with van der Waals surface area (Å²) in [7, 11) is 0. The van der Waals surface area contributed by atoms with Crippen molar-refractivity contribution in [2.75, 3.05) is 13.2 Å². The fourth-order valence-corrected chi connectivity index (χ4v) is 2.90. The number of carbonyl (C=O) groups is 2. The van der Waals surface area contributed by atoms with Gasteiger partial charge in [-0.2, -0.15) is 0 Å². The molecule has 1 aromatic carbocycles. The van der Waals surface area contributed by atoms with Crippen molar-refractivity contribution in [1.29, 1.82) is 0 Å². The smallest absolute Gasteiger partial charge is 0.333 e. The van der Waals surface area contributed by atoms with E-state index in [9.17, 15) is 9.59 Å². The van der Waals surface area contributed by atoms with Gasteiger partial charge >= 0.3 is 11.9 Å². The Balaban J connectivity index is 0. The van der Waals surface area contributed by atoms with Crippen LogP contribution < -0.4 is 0 Å². The average Bonchev–Trinajstić information content (AvgIpc) is 2.88. The van der Waals surface area contributed by atoms with E-state index in [1.54, 1.807) is 13.8 Å². The van der Waals surface area contributed by atoms with Crippen LogP contribution in [0.4, 0.5) is 0 Å².